The molecular weight excluding hydrogens is 268 g/mol. The second-order valence-corrected chi connectivity index (χ2v) is 5.46. The smallest absolute Gasteiger partial charge is 0.243 e. The van der Waals surface area contributed by atoms with Crippen molar-refractivity contribution in [3.05, 3.63) is 0 Å². The van der Waals surface area contributed by atoms with Crippen molar-refractivity contribution in [1.82, 2.24) is 4.90 Å². The summed E-state index contributed by atoms with van der Waals surface area (Å²) in [4.78, 5) is 14.5. The summed E-state index contributed by atoms with van der Waals surface area (Å²) in [6, 6.07) is 0. The fraction of sp³-hybridized carbons (Fsp3) is 0.923. The van der Waals surface area contributed by atoms with Crippen LogP contribution >= 0.6 is 12.4 Å². The molecule has 2 heterocycles. The highest BCUT2D eigenvalue weighted by atomic mass is 35.5. The summed E-state index contributed by atoms with van der Waals surface area (Å²) in [5, 5.41) is 0. The van der Waals surface area contributed by atoms with Gasteiger partial charge in [-0.3, -0.25) is 4.79 Å². The molecule has 0 aromatic rings. The van der Waals surface area contributed by atoms with E-state index in [1.54, 1.807) is 0 Å². The minimum absolute atomic E-state index is 0. The third-order valence-corrected chi connectivity index (χ3v) is 3.88. The molecule has 2 aliphatic rings. The van der Waals surface area contributed by atoms with Gasteiger partial charge in [-0.1, -0.05) is 6.92 Å². The molecular formula is C13H25ClN2O3. The van der Waals surface area contributed by atoms with Gasteiger partial charge in [-0.05, 0) is 26.2 Å². The first-order chi connectivity index (χ1) is 8.55. The zero-order valence-electron chi connectivity index (χ0n) is 11.8. The molecule has 5 nitrogen and oxygen atoms in total. The summed E-state index contributed by atoms with van der Waals surface area (Å²) < 4.78 is 11.1. The van der Waals surface area contributed by atoms with Crippen LogP contribution in [-0.4, -0.2) is 54.9 Å². The Balaban J connectivity index is 0.00000180. The van der Waals surface area contributed by atoms with Crippen molar-refractivity contribution in [2.75, 3.05) is 26.3 Å². The lowest BCUT2D eigenvalue weighted by Crippen LogP contribution is -2.61. The second kappa shape index (κ2) is 6.88. The number of rotatable bonds is 2. The molecule has 6 heteroatoms. The normalized spacial score (nSPS) is 30.6. The molecule has 0 saturated carbocycles. The Hall–Kier alpha value is -0.360. The van der Waals surface area contributed by atoms with Gasteiger partial charge in [-0.25, -0.2) is 0 Å². The summed E-state index contributed by atoms with van der Waals surface area (Å²) in [5.41, 5.74) is 5.53. The van der Waals surface area contributed by atoms with Crippen molar-refractivity contribution in [2.24, 2.45) is 5.73 Å². The van der Waals surface area contributed by atoms with Crippen LogP contribution in [0.25, 0.3) is 0 Å². The Morgan fingerprint density at radius 1 is 1.37 bits per heavy atom. The predicted octanol–water partition coefficient (Wildman–Crippen LogP) is 0.942. The molecule has 0 spiro atoms. The first kappa shape index (κ1) is 16.7. The Morgan fingerprint density at radius 3 is 2.58 bits per heavy atom. The fourth-order valence-corrected chi connectivity index (χ4v) is 2.70. The summed E-state index contributed by atoms with van der Waals surface area (Å²) in [7, 11) is 0. The molecule has 2 aliphatic heterocycles. The van der Waals surface area contributed by atoms with Crippen molar-refractivity contribution < 1.29 is 14.3 Å². The number of morpholine rings is 1. The summed E-state index contributed by atoms with van der Waals surface area (Å²) in [6.07, 6.45) is 2.40. The van der Waals surface area contributed by atoms with Gasteiger partial charge in [0.2, 0.25) is 5.91 Å². The Labute approximate surface area is 121 Å². The Bertz CT molecular complexity index is 308. The minimum Gasteiger partial charge on any atom is -0.381 e. The van der Waals surface area contributed by atoms with Crippen LogP contribution in [-0.2, 0) is 14.3 Å². The minimum atomic E-state index is -0.729. The van der Waals surface area contributed by atoms with E-state index in [1.807, 2.05) is 11.8 Å². The molecule has 0 aromatic heterocycles. The van der Waals surface area contributed by atoms with E-state index in [0.717, 1.165) is 6.42 Å². The van der Waals surface area contributed by atoms with Crippen LogP contribution in [0.5, 0.6) is 0 Å². The van der Waals surface area contributed by atoms with Gasteiger partial charge in [0.1, 0.15) is 0 Å². The summed E-state index contributed by atoms with van der Waals surface area (Å²) >= 11 is 0. The molecule has 0 aromatic carbocycles. The van der Waals surface area contributed by atoms with Crippen molar-refractivity contribution in [1.29, 1.82) is 0 Å². The van der Waals surface area contributed by atoms with E-state index in [9.17, 15) is 4.79 Å². The maximum absolute atomic E-state index is 12.6. The number of carbonyl (C=O) groups is 1. The van der Waals surface area contributed by atoms with E-state index in [-0.39, 0.29) is 30.5 Å². The van der Waals surface area contributed by atoms with Crippen molar-refractivity contribution in [3.8, 4) is 0 Å². The van der Waals surface area contributed by atoms with E-state index in [0.29, 0.717) is 39.1 Å². The maximum Gasteiger partial charge on any atom is 0.243 e. The van der Waals surface area contributed by atoms with Crippen LogP contribution < -0.4 is 5.73 Å². The highest BCUT2D eigenvalue weighted by Gasteiger charge is 2.41. The van der Waals surface area contributed by atoms with Crippen LogP contribution in [0.15, 0.2) is 0 Å². The van der Waals surface area contributed by atoms with Gasteiger partial charge in [0.05, 0.1) is 17.7 Å². The summed E-state index contributed by atoms with van der Waals surface area (Å²) in [6.45, 7) is 6.57. The lowest BCUT2D eigenvalue weighted by Gasteiger charge is -2.42. The lowest BCUT2D eigenvalue weighted by molar-refractivity contribution is -0.153. The van der Waals surface area contributed by atoms with Gasteiger partial charge >= 0.3 is 0 Å². The molecule has 2 fully saturated rings. The SMILES string of the molecule is CCC1CN(C(=O)C2(N)CCOCC2)CC(C)O1.Cl. The third-order valence-electron chi connectivity index (χ3n) is 3.88. The molecule has 112 valence electrons. The van der Waals surface area contributed by atoms with Crippen molar-refractivity contribution >= 4 is 18.3 Å². The van der Waals surface area contributed by atoms with E-state index < -0.39 is 5.54 Å². The van der Waals surface area contributed by atoms with Gasteiger partial charge in [-0.15, -0.1) is 12.4 Å². The Morgan fingerprint density at radius 2 is 2.00 bits per heavy atom. The van der Waals surface area contributed by atoms with Crippen LogP contribution in [0.1, 0.15) is 33.1 Å². The number of nitrogens with two attached hydrogens (primary N) is 1. The number of nitrogens with zero attached hydrogens (tertiary/aromatic N) is 1. The van der Waals surface area contributed by atoms with Gasteiger partial charge in [0, 0.05) is 26.3 Å². The standard InChI is InChI=1S/C13H24N2O3.ClH/c1-3-11-9-15(8-10(2)18-11)12(16)13(14)4-6-17-7-5-13;/h10-11H,3-9,14H2,1-2H3;1H. The number of halogens is 1. The molecule has 1 amide bonds. The largest absolute Gasteiger partial charge is 0.381 e. The topological polar surface area (TPSA) is 64.8 Å². The second-order valence-electron chi connectivity index (χ2n) is 5.46. The molecule has 2 unspecified atom stereocenters. The fourth-order valence-electron chi connectivity index (χ4n) is 2.70. The monoisotopic (exact) mass is 292 g/mol. The first-order valence-electron chi connectivity index (χ1n) is 6.86. The first-order valence-corrected chi connectivity index (χ1v) is 6.86. The van der Waals surface area contributed by atoms with E-state index in [1.165, 1.54) is 0 Å². The number of amides is 1. The molecule has 19 heavy (non-hydrogen) atoms. The van der Waals surface area contributed by atoms with Crippen LogP contribution in [0.3, 0.4) is 0 Å². The highest BCUT2D eigenvalue weighted by Crippen LogP contribution is 2.23. The molecule has 0 aliphatic carbocycles. The predicted molar refractivity (Wildman–Crippen MR) is 75.4 cm³/mol. The molecule has 2 saturated heterocycles. The van der Waals surface area contributed by atoms with E-state index in [2.05, 4.69) is 6.92 Å². The molecule has 2 rings (SSSR count). The van der Waals surface area contributed by atoms with Gasteiger partial charge in [-0.2, -0.15) is 0 Å². The number of carbonyl (C=O) groups excluding carboxylic acids is 1. The van der Waals surface area contributed by atoms with E-state index >= 15 is 0 Å². The number of hydrogen-bond acceptors (Lipinski definition) is 4. The quantitative estimate of drug-likeness (QED) is 0.823. The summed E-state index contributed by atoms with van der Waals surface area (Å²) in [5.74, 6) is 0.0689. The van der Waals surface area contributed by atoms with Gasteiger partial charge < -0.3 is 20.1 Å². The molecule has 2 N–H and O–H groups in total. The van der Waals surface area contributed by atoms with Gasteiger partial charge in [0.15, 0.2) is 0 Å². The third kappa shape index (κ3) is 3.81. The van der Waals surface area contributed by atoms with E-state index in [4.69, 9.17) is 15.2 Å². The molecule has 0 bridgehead atoms. The van der Waals surface area contributed by atoms with Crippen molar-refractivity contribution in [2.45, 2.75) is 50.9 Å². The van der Waals surface area contributed by atoms with Crippen LogP contribution in [0.4, 0.5) is 0 Å². The number of ether oxygens (including phenoxy) is 2. The average molecular weight is 293 g/mol. The van der Waals surface area contributed by atoms with Crippen LogP contribution in [0, 0.1) is 0 Å². The molecule has 0 radical (unpaired) electrons. The highest BCUT2D eigenvalue weighted by molar-refractivity contribution is 5.86. The molecule has 2 atom stereocenters. The lowest BCUT2D eigenvalue weighted by atomic mass is 9.89. The number of hydrogen-bond donors (Lipinski definition) is 1. The zero-order chi connectivity index (χ0) is 13.2. The Kier molecular flexibility index (Phi) is 6.05. The van der Waals surface area contributed by atoms with Crippen LogP contribution in [0.2, 0.25) is 0 Å². The zero-order valence-corrected chi connectivity index (χ0v) is 12.6. The average Bonchev–Trinajstić information content (AvgIpc) is 2.38. The maximum atomic E-state index is 12.6. The van der Waals surface area contributed by atoms with Gasteiger partial charge in [0.25, 0.3) is 0 Å². The van der Waals surface area contributed by atoms with Crippen molar-refractivity contribution in [3.63, 3.8) is 0 Å².